The van der Waals surface area contributed by atoms with Crippen LogP contribution in [0.1, 0.15) is 37.3 Å². The lowest BCUT2D eigenvalue weighted by Gasteiger charge is -2.23. The minimum absolute atomic E-state index is 0.163. The Kier molecular flexibility index (Phi) is 6.85. The van der Waals surface area contributed by atoms with Crippen LogP contribution in [-0.2, 0) is 12.5 Å². The summed E-state index contributed by atoms with van der Waals surface area (Å²) in [6.45, 7) is 7.02. The number of rotatable bonds is 8. The van der Waals surface area contributed by atoms with Gasteiger partial charge in [0.05, 0.1) is 8.07 Å². The van der Waals surface area contributed by atoms with Crippen LogP contribution in [0, 0.1) is 5.82 Å². The number of unbranched alkanes of at least 4 members (excludes halogenated alkanes) is 2. The molecule has 0 fully saturated rings. The Morgan fingerprint density at radius 3 is 1.79 bits per heavy atom. The lowest BCUT2D eigenvalue weighted by Crippen LogP contribution is -2.43. The molecule has 0 unspecified atom stereocenters. The van der Waals surface area contributed by atoms with Gasteiger partial charge in [-0.3, -0.25) is 0 Å². The molecule has 28 heavy (non-hydrogen) atoms. The molecule has 0 aliphatic carbocycles. The van der Waals surface area contributed by atoms with Crippen LogP contribution in [0.5, 0.6) is 0 Å². The molecular formula is C26H31FSi. The number of aryl methyl sites for hydroxylation is 1. The molecule has 0 nitrogen and oxygen atoms in total. The standard InChI is InChI=1S/C26H31FSi/c1-4-5-6-7-21-8-12-23(13-9-21)24-14-18-26(19-15-24)28(2,3)20-22-10-16-25(27)17-11-22/h8-19H,4-7,20H2,1-3H3. The van der Waals surface area contributed by atoms with Crippen LogP contribution in [0.3, 0.4) is 0 Å². The van der Waals surface area contributed by atoms with Crippen LogP contribution in [0.15, 0.2) is 72.8 Å². The molecule has 0 radical (unpaired) electrons. The van der Waals surface area contributed by atoms with Crippen molar-refractivity contribution in [1.29, 1.82) is 0 Å². The fourth-order valence-electron chi connectivity index (χ4n) is 3.77. The van der Waals surface area contributed by atoms with E-state index >= 15 is 0 Å². The summed E-state index contributed by atoms with van der Waals surface area (Å²) in [6.07, 6.45) is 5.03. The van der Waals surface area contributed by atoms with Crippen LogP contribution in [0.2, 0.25) is 13.1 Å². The molecule has 2 heteroatoms. The molecule has 0 heterocycles. The number of halogens is 1. The van der Waals surface area contributed by atoms with Crippen molar-refractivity contribution in [3.8, 4) is 11.1 Å². The SMILES string of the molecule is CCCCCc1ccc(-c2ccc([Si](C)(C)Cc3ccc(F)cc3)cc2)cc1. The summed E-state index contributed by atoms with van der Waals surface area (Å²) in [5.41, 5.74) is 5.21. The lowest BCUT2D eigenvalue weighted by molar-refractivity contribution is 0.627. The maximum Gasteiger partial charge on any atom is 0.123 e. The Labute approximate surface area is 170 Å². The van der Waals surface area contributed by atoms with Crippen LogP contribution >= 0.6 is 0 Å². The summed E-state index contributed by atoms with van der Waals surface area (Å²) in [5.74, 6) is -0.163. The summed E-state index contributed by atoms with van der Waals surface area (Å²) in [4.78, 5) is 0. The second-order valence-corrected chi connectivity index (χ2v) is 13.1. The van der Waals surface area contributed by atoms with Gasteiger partial charge in [-0.25, -0.2) is 4.39 Å². The van der Waals surface area contributed by atoms with Crippen molar-refractivity contribution in [3.63, 3.8) is 0 Å². The van der Waals surface area contributed by atoms with Gasteiger partial charge in [-0.2, -0.15) is 0 Å². The topological polar surface area (TPSA) is 0 Å². The average Bonchev–Trinajstić information content (AvgIpc) is 2.70. The Morgan fingerprint density at radius 2 is 1.21 bits per heavy atom. The zero-order valence-corrected chi connectivity index (χ0v) is 18.3. The van der Waals surface area contributed by atoms with Gasteiger partial charge in [0.25, 0.3) is 0 Å². The zero-order chi connectivity index (χ0) is 20.0. The summed E-state index contributed by atoms with van der Waals surface area (Å²) < 4.78 is 13.2. The normalized spacial score (nSPS) is 11.6. The molecule has 0 amide bonds. The molecule has 0 aliphatic rings. The number of hydrogen-bond acceptors (Lipinski definition) is 0. The minimum Gasteiger partial charge on any atom is -0.207 e. The fourth-order valence-corrected chi connectivity index (χ4v) is 6.30. The third-order valence-electron chi connectivity index (χ3n) is 5.58. The predicted molar refractivity (Wildman–Crippen MR) is 122 cm³/mol. The van der Waals surface area contributed by atoms with Crippen LogP contribution in [-0.4, -0.2) is 8.07 Å². The van der Waals surface area contributed by atoms with Gasteiger partial charge in [-0.1, -0.05) is 104 Å². The van der Waals surface area contributed by atoms with E-state index in [9.17, 15) is 4.39 Å². The Morgan fingerprint density at radius 1 is 0.679 bits per heavy atom. The summed E-state index contributed by atoms with van der Waals surface area (Å²) in [6, 6.07) is 26.1. The van der Waals surface area contributed by atoms with E-state index in [-0.39, 0.29) is 5.82 Å². The van der Waals surface area contributed by atoms with Gasteiger partial charge in [0.1, 0.15) is 5.82 Å². The van der Waals surface area contributed by atoms with Gasteiger partial charge in [-0.05, 0) is 47.7 Å². The fraction of sp³-hybridized carbons (Fsp3) is 0.308. The van der Waals surface area contributed by atoms with E-state index in [1.165, 1.54) is 53.1 Å². The maximum atomic E-state index is 13.2. The average molecular weight is 391 g/mol. The van der Waals surface area contributed by atoms with Crippen molar-refractivity contribution < 1.29 is 4.39 Å². The van der Waals surface area contributed by atoms with Crippen molar-refractivity contribution in [3.05, 3.63) is 89.7 Å². The van der Waals surface area contributed by atoms with Gasteiger partial charge in [0.15, 0.2) is 0 Å². The third kappa shape index (κ3) is 5.42. The Bertz CT molecular complexity index is 862. The highest BCUT2D eigenvalue weighted by Crippen LogP contribution is 2.21. The van der Waals surface area contributed by atoms with Gasteiger partial charge in [0, 0.05) is 0 Å². The largest absolute Gasteiger partial charge is 0.207 e. The predicted octanol–water partition coefficient (Wildman–Crippen LogP) is 6.92. The second-order valence-electron chi connectivity index (χ2n) is 8.42. The molecule has 146 valence electrons. The smallest absolute Gasteiger partial charge is 0.123 e. The lowest BCUT2D eigenvalue weighted by atomic mass is 10.0. The highest BCUT2D eigenvalue weighted by atomic mass is 28.3. The highest BCUT2D eigenvalue weighted by molar-refractivity contribution is 6.89. The summed E-state index contributed by atoms with van der Waals surface area (Å²) in [7, 11) is -1.61. The van der Waals surface area contributed by atoms with Crippen molar-refractivity contribution in [2.45, 2.75) is 51.7 Å². The van der Waals surface area contributed by atoms with Crippen LogP contribution < -0.4 is 5.19 Å². The molecule has 0 saturated carbocycles. The first-order valence-corrected chi connectivity index (χ1v) is 13.6. The molecule has 3 rings (SSSR count). The van der Waals surface area contributed by atoms with E-state index in [0.717, 1.165) is 6.04 Å². The summed E-state index contributed by atoms with van der Waals surface area (Å²) >= 11 is 0. The van der Waals surface area contributed by atoms with E-state index in [2.05, 4.69) is 68.5 Å². The first-order chi connectivity index (χ1) is 13.5. The van der Waals surface area contributed by atoms with E-state index in [1.54, 1.807) is 12.1 Å². The molecule has 0 atom stereocenters. The van der Waals surface area contributed by atoms with Gasteiger partial charge < -0.3 is 0 Å². The molecule has 3 aromatic carbocycles. The second kappa shape index (κ2) is 9.34. The quantitative estimate of drug-likeness (QED) is 0.289. The minimum atomic E-state index is -1.61. The van der Waals surface area contributed by atoms with Crippen molar-refractivity contribution >= 4 is 13.3 Å². The zero-order valence-electron chi connectivity index (χ0n) is 17.3. The molecule has 0 bridgehead atoms. The van der Waals surface area contributed by atoms with Crippen molar-refractivity contribution in [2.24, 2.45) is 0 Å². The third-order valence-corrected chi connectivity index (χ3v) is 8.77. The van der Waals surface area contributed by atoms with E-state index in [0.29, 0.717) is 0 Å². The number of benzene rings is 3. The van der Waals surface area contributed by atoms with Crippen molar-refractivity contribution in [1.82, 2.24) is 0 Å². The molecule has 0 aromatic heterocycles. The molecule has 3 aromatic rings. The molecule has 0 aliphatic heterocycles. The monoisotopic (exact) mass is 390 g/mol. The van der Waals surface area contributed by atoms with Crippen molar-refractivity contribution in [2.75, 3.05) is 0 Å². The highest BCUT2D eigenvalue weighted by Gasteiger charge is 2.23. The van der Waals surface area contributed by atoms with Gasteiger partial charge >= 0.3 is 0 Å². The summed E-state index contributed by atoms with van der Waals surface area (Å²) in [5, 5.41) is 1.44. The van der Waals surface area contributed by atoms with E-state index in [4.69, 9.17) is 0 Å². The van der Waals surface area contributed by atoms with Gasteiger partial charge in [0.2, 0.25) is 0 Å². The Hall–Kier alpha value is -2.19. The first-order valence-electron chi connectivity index (χ1n) is 10.4. The molecule has 0 saturated heterocycles. The molecular weight excluding hydrogens is 359 g/mol. The number of hydrogen-bond donors (Lipinski definition) is 0. The maximum absolute atomic E-state index is 13.2. The van der Waals surface area contributed by atoms with Crippen LogP contribution in [0.4, 0.5) is 4.39 Å². The van der Waals surface area contributed by atoms with E-state index < -0.39 is 8.07 Å². The van der Waals surface area contributed by atoms with Crippen LogP contribution in [0.25, 0.3) is 11.1 Å². The molecule has 0 spiro atoms. The van der Waals surface area contributed by atoms with Gasteiger partial charge in [-0.15, -0.1) is 0 Å². The van der Waals surface area contributed by atoms with E-state index in [1.807, 2.05) is 12.1 Å². The first kappa shape index (κ1) is 20.5. The Balaban J connectivity index is 1.69. The molecule has 0 N–H and O–H groups in total.